The van der Waals surface area contributed by atoms with Gasteiger partial charge in [-0.1, -0.05) is 29.3 Å². The Kier molecular flexibility index (Phi) is 5.93. The summed E-state index contributed by atoms with van der Waals surface area (Å²) in [7, 11) is 1.76. The molecule has 0 bridgehead atoms. The molecule has 0 spiro atoms. The highest BCUT2D eigenvalue weighted by Gasteiger charge is 2.10. The molecule has 23 heavy (non-hydrogen) atoms. The number of hydrogen-bond donors (Lipinski definition) is 1. The van der Waals surface area contributed by atoms with Crippen molar-refractivity contribution in [3.05, 3.63) is 63.6 Å². The fraction of sp³-hybridized carbons (Fsp3) is 0.188. The molecule has 0 aromatic heterocycles. The second-order valence-corrected chi connectivity index (χ2v) is 5.91. The molecule has 0 fully saturated rings. The third kappa shape index (κ3) is 5.16. The van der Waals surface area contributed by atoms with Gasteiger partial charge in [0.1, 0.15) is 0 Å². The molecule has 122 valence electrons. The Labute approximate surface area is 142 Å². The summed E-state index contributed by atoms with van der Waals surface area (Å²) in [4.78, 5) is 13.7. The van der Waals surface area contributed by atoms with Gasteiger partial charge in [-0.25, -0.2) is 8.78 Å². The van der Waals surface area contributed by atoms with Gasteiger partial charge in [0.15, 0.2) is 11.6 Å². The molecular weight excluding hydrogens is 345 g/mol. The largest absolute Gasteiger partial charge is 0.325 e. The Bertz CT molecular complexity index is 725. The van der Waals surface area contributed by atoms with Crippen LogP contribution in [0.5, 0.6) is 0 Å². The van der Waals surface area contributed by atoms with Gasteiger partial charge in [-0.3, -0.25) is 9.69 Å². The third-order valence-corrected chi connectivity index (χ3v) is 3.79. The van der Waals surface area contributed by atoms with Crippen LogP contribution in [0.25, 0.3) is 0 Å². The third-order valence-electron chi connectivity index (χ3n) is 3.05. The molecule has 2 aromatic rings. The first-order valence-electron chi connectivity index (χ1n) is 6.72. The van der Waals surface area contributed by atoms with Crippen LogP contribution in [0.15, 0.2) is 36.4 Å². The van der Waals surface area contributed by atoms with E-state index in [1.807, 2.05) is 6.07 Å². The van der Waals surface area contributed by atoms with Crippen LogP contribution in [0.4, 0.5) is 14.5 Å². The molecule has 3 nitrogen and oxygen atoms in total. The Morgan fingerprint density at radius 3 is 2.48 bits per heavy atom. The van der Waals surface area contributed by atoms with E-state index in [1.54, 1.807) is 24.1 Å². The number of carbonyl (C=O) groups is 1. The molecule has 0 saturated heterocycles. The van der Waals surface area contributed by atoms with Gasteiger partial charge in [0.2, 0.25) is 5.91 Å². The van der Waals surface area contributed by atoms with Gasteiger partial charge in [0.25, 0.3) is 0 Å². The second-order valence-electron chi connectivity index (χ2n) is 5.10. The highest BCUT2D eigenvalue weighted by molar-refractivity contribution is 6.42. The van der Waals surface area contributed by atoms with Crippen molar-refractivity contribution >= 4 is 34.8 Å². The zero-order valence-electron chi connectivity index (χ0n) is 12.2. The summed E-state index contributed by atoms with van der Waals surface area (Å²) in [5, 5.41) is 3.43. The number of hydrogen-bond acceptors (Lipinski definition) is 2. The van der Waals surface area contributed by atoms with Gasteiger partial charge in [-0.2, -0.15) is 0 Å². The van der Waals surface area contributed by atoms with E-state index in [0.29, 0.717) is 16.6 Å². The van der Waals surface area contributed by atoms with E-state index in [2.05, 4.69) is 5.32 Å². The summed E-state index contributed by atoms with van der Waals surface area (Å²) in [5.41, 5.74) is 1.11. The van der Waals surface area contributed by atoms with Gasteiger partial charge >= 0.3 is 0 Å². The molecule has 0 aliphatic carbocycles. The lowest BCUT2D eigenvalue weighted by Crippen LogP contribution is -2.29. The molecule has 2 aromatic carbocycles. The zero-order chi connectivity index (χ0) is 17.0. The topological polar surface area (TPSA) is 32.3 Å². The van der Waals surface area contributed by atoms with E-state index in [-0.39, 0.29) is 18.1 Å². The van der Waals surface area contributed by atoms with Crippen molar-refractivity contribution in [1.29, 1.82) is 0 Å². The molecule has 0 aliphatic rings. The van der Waals surface area contributed by atoms with Crippen LogP contribution in [0, 0.1) is 11.6 Å². The fourth-order valence-electron chi connectivity index (χ4n) is 2.03. The minimum atomic E-state index is -1.01. The predicted molar refractivity (Wildman–Crippen MR) is 87.8 cm³/mol. The van der Waals surface area contributed by atoms with Crippen molar-refractivity contribution < 1.29 is 13.6 Å². The maximum Gasteiger partial charge on any atom is 0.238 e. The number of amides is 1. The van der Waals surface area contributed by atoms with Gasteiger partial charge in [0, 0.05) is 18.3 Å². The molecule has 0 radical (unpaired) electrons. The van der Waals surface area contributed by atoms with Crippen molar-refractivity contribution in [3.8, 4) is 0 Å². The maximum atomic E-state index is 13.1. The molecular formula is C16H14Cl2F2N2O. The minimum Gasteiger partial charge on any atom is -0.325 e. The second kappa shape index (κ2) is 7.73. The first-order valence-corrected chi connectivity index (χ1v) is 7.48. The Hall–Kier alpha value is -1.69. The molecule has 0 heterocycles. The summed E-state index contributed by atoms with van der Waals surface area (Å²) in [5.74, 6) is -2.30. The lowest BCUT2D eigenvalue weighted by molar-refractivity contribution is -0.117. The van der Waals surface area contributed by atoms with Crippen molar-refractivity contribution in [2.75, 3.05) is 18.9 Å². The average molecular weight is 359 g/mol. The van der Waals surface area contributed by atoms with Crippen LogP contribution in [0.2, 0.25) is 10.0 Å². The molecule has 2 rings (SSSR count). The maximum absolute atomic E-state index is 13.1. The smallest absolute Gasteiger partial charge is 0.238 e. The van der Waals surface area contributed by atoms with E-state index < -0.39 is 11.6 Å². The number of nitrogens with one attached hydrogen (secondary N) is 1. The van der Waals surface area contributed by atoms with Crippen molar-refractivity contribution in [2.45, 2.75) is 6.54 Å². The number of nitrogens with zero attached hydrogens (tertiary/aromatic N) is 1. The quantitative estimate of drug-likeness (QED) is 0.861. The minimum absolute atomic E-state index is 0.0826. The van der Waals surface area contributed by atoms with Crippen LogP contribution in [-0.4, -0.2) is 24.4 Å². The normalized spacial score (nSPS) is 10.9. The first kappa shape index (κ1) is 17.7. The molecule has 0 aliphatic heterocycles. The van der Waals surface area contributed by atoms with E-state index in [0.717, 1.165) is 17.7 Å². The van der Waals surface area contributed by atoms with Crippen LogP contribution in [0.3, 0.4) is 0 Å². The number of carbonyl (C=O) groups excluding carboxylic acids is 1. The fourth-order valence-corrected chi connectivity index (χ4v) is 2.35. The van der Waals surface area contributed by atoms with Gasteiger partial charge in [0.05, 0.1) is 16.6 Å². The summed E-state index contributed by atoms with van der Waals surface area (Å²) >= 11 is 11.8. The number of rotatable bonds is 5. The van der Waals surface area contributed by atoms with Gasteiger partial charge in [-0.15, -0.1) is 0 Å². The number of benzene rings is 2. The molecule has 0 unspecified atom stereocenters. The Morgan fingerprint density at radius 1 is 1.09 bits per heavy atom. The highest BCUT2D eigenvalue weighted by atomic mass is 35.5. The van der Waals surface area contributed by atoms with Crippen molar-refractivity contribution in [1.82, 2.24) is 4.90 Å². The molecule has 7 heteroatoms. The molecule has 0 atom stereocenters. The monoisotopic (exact) mass is 358 g/mol. The number of likely N-dealkylation sites (N-methyl/N-ethyl adjacent to an activating group) is 1. The van der Waals surface area contributed by atoms with Crippen LogP contribution in [0.1, 0.15) is 5.56 Å². The standard InChI is InChI=1S/C16H14Cl2F2N2O/c1-22(8-10-2-4-12(17)13(18)6-10)9-16(23)21-11-3-5-14(19)15(20)7-11/h2-7H,8-9H2,1H3,(H,21,23). The average Bonchev–Trinajstić information content (AvgIpc) is 2.46. The SMILES string of the molecule is CN(CC(=O)Nc1ccc(F)c(F)c1)Cc1ccc(Cl)c(Cl)c1. The summed E-state index contributed by atoms with van der Waals surface area (Å²) in [6.45, 7) is 0.571. The van der Waals surface area contributed by atoms with E-state index in [4.69, 9.17) is 23.2 Å². The molecule has 1 N–H and O–H groups in total. The zero-order valence-corrected chi connectivity index (χ0v) is 13.8. The molecule has 0 saturated carbocycles. The van der Waals surface area contributed by atoms with Crippen molar-refractivity contribution in [3.63, 3.8) is 0 Å². The molecule has 1 amide bonds. The lowest BCUT2D eigenvalue weighted by Gasteiger charge is -2.16. The van der Waals surface area contributed by atoms with Crippen molar-refractivity contribution in [2.24, 2.45) is 0 Å². The van der Waals surface area contributed by atoms with Gasteiger partial charge in [-0.05, 0) is 36.9 Å². The van der Waals surface area contributed by atoms with Crippen LogP contribution >= 0.6 is 23.2 Å². The van der Waals surface area contributed by atoms with Crippen LogP contribution in [-0.2, 0) is 11.3 Å². The first-order chi connectivity index (χ1) is 10.8. The van der Waals surface area contributed by atoms with Crippen LogP contribution < -0.4 is 5.32 Å². The lowest BCUT2D eigenvalue weighted by atomic mass is 10.2. The van der Waals surface area contributed by atoms with E-state index in [1.165, 1.54) is 6.07 Å². The predicted octanol–water partition coefficient (Wildman–Crippen LogP) is 4.34. The number of halogens is 4. The number of anilines is 1. The van der Waals surface area contributed by atoms with E-state index >= 15 is 0 Å². The Morgan fingerprint density at radius 2 is 1.83 bits per heavy atom. The summed E-state index contributed by atoms with van der Waals surface area (Å²) in [6, 6.07) is 8.44. The summed E-state index contributed by atoms with van der Waals surface area (Å²) in [6.07, 6.45) is 0. The van der Waals surface area contributed by atoms with E-state index in [9.17, 15) is 13.6 Å². The Balaban J connectivity index is 1.91. The summed E-state index contributed by atoms with van der Waals surface area (Å²) < 4.78 is 25.9. The highest BCUT2D eigenvalue weighted by Crippen LogP contribution is 2.23. The van der Waals surface area contributed by atoms with Gasteiger partial charge < -0.3 is 5.32 Å².